The van der Waals surface area contributed by atoms with E-state index in [4.69, 9.17) is 9.15 Å². The molecular weight excluding hydrogens is 418 g/mol. The van der Waals surface area contributed by atoms with Crippen LogP contribution in [0.15, 0.2) is 22.8 Å². The Morgan fingerprint density at radius 3 is 2.65 bits per heavy atom. The highest BCUT2D eigenvalue weighted by Gasteiger charge is 2.28. The highest BCUT2D eigenvalue weighted by Crippen LogP contribution is 2.38. The molecule has 2 aromatic rings. The predicted molar refractivity (Wildman–Crippen MR) is 117 cm³/mol. The van der Waals surface area contributed by atoms with Crippen molar-refractivity contribution < 1.29 is 23.5 Å². The van der Waals surface area contributed by atoms with E-state index in [0.29, 0.717) is 49.1 Å². The van der Waals surface area contributed by atoms with Crippen LogP contribution < -0.4 is 5.32 Å². The number of fused-ring (bicyclic) bond motifs is 1. The van der Waals surface area contributed by atoms with Crippen LogP contribution >= 0.6 is 11.3 Å². The third-order valence-corrected chi connectivity index (χ3v) is 6.87. The average Bonchev–Trinajstić information content (AvgIpc) is 3.42. The standard InChI is InChI=1S/C22H27N3O5S/c1-2-29-22(28)19-15-6-3-4-8-17(15)31-20(19)23-18(26)14-24-9-11-25(12-10-24)21(27)16-7-5-13-30-16/h5,7,13H,2-4,6,8-12,14H2,1H3,(H,23,26). The van der Waals surface area contributed by atoms with Crippen molar-refractivity contribution in [3.05, 3.63) is 40.2 Å². The zero-order valence-corrected chi connectivity index (χ0v) is 18.5. The van der Waals surface area contributed by atoms with E-state index in [1.54, 1.807) is 24.0 Å². The first kappa shape index (κ1) is 21.6. The highest BCUT2D eigenvalue weighted by atomic mass is 32.1. The number of hydrogen-bond acceptors (Lipinski definition) is 7. The third kappa shape index (κ3) is 4.83. The molecule has 31 heavy (non-hydrogen) atoms. The molecule has 1 saturated heterocycles. The Morgan fingerprint density at radius 2 is 1.94 bits per heavy atom. The molecular formula is C22H27N3O5S. The van der Waals surface area contributed by atoms with Gasteiger partial charge in [0.05, 0.1) is 25.0 Å². The second-order valence-electron chi connectivity index (χ2n) is 7.73. The van der Waals surface area contributed by atoms with Crippen LogP contribution in [0, 0.1) is 0 Å². The fourth-order valence-electron chi connectivity index (χ4n) is 4.11. The van der Waals surface area contributed by atoms with Crippen LogP contribution in [-0.4, -0.2) is 66.9 Å². The SMILES string of the molecule is CCOC(=O)c1c(NC(=O)CN2CCN(C(=O)c3ccco3)CC2)sc2c1CCCC2. The molecule has 1 aliphatic heterocycles. The Morgan fingerprint density at radius 1 is 1.16 bits per heavy atom. The molecule has 0 unspecified atom stereocenters. The second-order valence-corrected chi connectivity index (χ2v) is 8.83. The molecule has 0 saturated carbocycles. The lowest BCUT2D eigenvalue weighted by atomic mass is 9.95. The molecule has 8 nitrogen and oxygen atoms in total. The first-order chi connectivity index (χ1) is 15.1. The molecule has 2 amide bonds. The van der Waals surface area contributed by atoms with Crippen molar-refractivity contribution in [1.82, 2.24) is 9.80 Å². The van der Waals surface area contributed by atoms with Crippen LogP contribution in [0.3, 0.4) is 0 Å². The van der Waals surface area contributed by atoms with E-state index in [9.17, 15) is 14.4 Å². The topological polar surface area (TPSA) is 92.1 Å². The van der Waals surface area contributed by atoms with Crippen molar-refractivity contribution in [3.8, 4) is 0 Å². The smallest absolute Gasteiger partial charge is 0.341 e. The Balaban J connectivity index is 1.36. The Bertz CT molecular complexity index is 945. The number of nitrogens with zero attached hydrogens (tertiary/aromatic N) is 2. The number of nitrogens with one attached hydrogen (secondary N) is 1. The van der Waals surface area contributed by atoms with Gasteiger partial charge >= 0.3 is 5.97 Å². The summed E-state index contributed by atoms with van der Waals surface area (Å²) in [4.78, 5) is 42.6. The lowest BCUT2D eigenvalue weighted by Gasteiger charge is -2.33. The monoisotopic (exact) mass is 445 g/mol. The van der Waals surface area contributed by atoms with Gasteiger partial charge in [-0.2, -0.15) is 0 Å². The van der Waals surface area contributed by atoms with Crippen LogP contribution in [0.25, 0.3) is 0 Å². The van der Waals surface area contributed by atoms with E-state index < -0.39 is 0 Å². The highest BCUT2D eigenvalue weighted by molar-refractivity contribution is 7.17. The molecule has 1 fully saturated rings. The summed E-state index contributed by atoms with van der Waals surface area (Å²) in [7, 11) is 0. The van der Waals surface area contributed by atoms with E-state index in [-0.39, 0.29) is 24.3 Å². The molecule has 3 heterocycles. The second kappa shape index (κ2) is 9.65. The van der Waals surface area contributed by atoms with Crippen LogP contribution in [0.2, 0.25) is 0 Å². The first-order valence-corrected chi connectivity index (χ1v) is 11.5. The molecule has 4 rings (SSSR count). The molecule has 0 atom stereocenters. The average molecular weight is 446 g/mol. The summed E-state index contributed by atoms with van der Waals surface area (Å²) in [6.07, 6.45) is 5.42. The zero-order chi connectivity index (χ0) is 21.8. The number of aryl methyl sites for hydroxylation is 1. The van der Waals surface area contributed by atoms with E-state index in [0.717, 1.165) is 31.2 Å². The summed E-state index contributed by atoms with van der Waals surface area (Å²) in [6, 6.07) is 3.35. The summed E-state index contributed by atoms with van der Waals surface area (Å²) in [5, 5.41) is 3.55. The number of carbonyl (C=O) groups excluding carboxylic acids is 3. The van der Waals surface area contributed by atoms with E-state index in [2.05, 4.69) is 5.32 Å². The van der Waals surface area contributed by atoms with Gasteiger partial charge in [0.2, 0.25) is 5.91 Å². The molecule has 2 aliphatic rings. The van der Waals surface area contributed by atoms with Gasteiger partial charge in [-0.25, -0.2) is 4.79 Å². The van der Waals surface area contributed by atoms with E-state index >= 15 is 0 Å². The molecule has 1 aliphatic carbocycles. The van der Waals surface area contributed by atoms with Crippen molar-refractivity contribution in [2.45, 2.75) is 32.6 Å². The molecule has 0 spiro atoms. The van der Waals surface area contributed by atoms with Gasteiger partial charge in [-0.1, -0.05) is 0 Å². The maximum atomic E-state index is 12.7. The number of amides is 2. The summed E-state index contributed by atoms with van der Waals surface area (Å²) in [5.41, 5.74) is 1.57. The van der Waals surface area contributed by atoms with Crippen molar-refractivity contribution in [2.24, 2.45) is 0 Å². The lowest BCUT2D eigenvalue weighted by molar-refractivity contribution is -0.117. The minimum atomic E-state index is -0.359. The Labute approximate surface area is 185 Å². The molecule has 166 valence electrons. The molecule has 1 N–H and O–H groups in total. The van der Waals surface area contributed by atoms with Crippen LogP contribution in [0.4, 0.5) is 5.00 Å². The lowest BCUT2D eigenvalue weighted by Crippen LogP contribution is -2.50. The normalized spacial score (nSPS) is 16.6. The fraction of sp³-hybridized carbons (Fsp3) is 0.500. The third-order valence-electron chi connectivity index (χ3n) is 5.66. The number of piperazine rings is 1. The molecule has 2 aromatic heterocycles. The summed E-state index contributed by atoms with van der Waals surface area (Å²) < 4.78 is 10.4. The number of esters is 1. The quantitative estimate of drug-likeness (QED) is 0.688. The van der Waals surface area contributed by atoms with Crippen LogP contribution in [0.1, 0.15) is 51.1 Å². The van der Waals surface area contributed by atoms with Crippen molar-refractivity contribution in [2.75, 3.05) is 44.6 Å². The minimum absolute atomic E-state index is 0.127. The fourth-order valence-corrected chi connectivity index (χ4v) is 5.40. The van der Waals surface area contributed by atoms with Gasteiger partial charge in [0.1, 0.15) is 5.00 Å². The number of furan rings is 1. The molecule has 9 heteroatoms. The Kier molecular flexibility index (Phi) is 6.72. The van der Waals surface area contributed by atoms with E-state index in [1.807, 2.05) is 4.90 Å². The van der Waals surface area contributed by atoms with Gasteiger partial charge in [-0.05, 0) is 50.3 Å². The van der Waals surface area contributed by atoms with Crippen molar-refractivity contribution in [3.63, 3.8) is 0 Å². The van der Waals surface area contributed by atoms with Gasteiger partial charge in [-0.3, -0.25) is 14.5 Å². The summed E-state index contributed by atoms with van der Waals surface area (Å²) in [6.45, 7) is 4.58. The maximum Gasteiger partial charge on any atom is 0.341 e. The van der Waals surface area contributed by atoms with Gasteiger partial charge < -0.3 is 19.4 Å². The van der Waals surface area contributed by atoms with Crippen LogP contribution in [-0.2, 0) is 22.4 Å². The minimum Gasteiger partial charge on any atom is -0.462 e. The summed E-state index contributed by atoms with van der Waals surface area (Å²) in [5.74, 6) is -0.311. The number of thiophene rings is 1. The Hall–Kier alpha value is -2.65. The number of rotatable bonds is 6. The van der Waals surface area contributed by atoms with Crippen LogP contribution in [0.5, 0.6) is 0 Å². The van der Waals surface area contributed by atoms with Gasteiger partial charge in [-0.15, -0.1) is 11.3 Å². The first-order valence-electron chi connectivity index (χ1n) is 10.7. The number of hydrogen-bond donors (Lipinski definition) is 1. The molecule has 0 radical (unpaired) electrons. The number of ether oxygens (including phenoxy) is 1. The van der Waals surface area contributed by atoms with Gasteiger partial charge in [0, 0.05) is 31.1 Å². The zero-order valence-electron chi connectivity index (χ0n) is 17.6. The van der Waals surface area contributed by atoms with Crippen molar-refractivity contribution in [1.29, 1.82) is 0 Å². The predicted octanol–water partition coefficient (Wildman–Crippen LogP) is 2.79. The van der Waals surface area contributed by atoms with Crippen molar-refractivity contribution >= 4 is 34.1 Å². The molecule has 0 aromatic carbocycles. The maximum absolute atomic E-state index is 12.7. The number of carbonyl (C=O) groups is 3. The van der Waals surface area contributed by atoms with E-state index in [1.165, 1.54) is 22.5 Å². The van der Waals surface area contributed by atoms with Gasteiger partial charge in [0.15, 0.2) is 5.76 Å². The largest absolute Gasteiger partial charge is 0.462 e. The number of anilines is 1. The van der Waals surface area contributed by atoms with Gasteiger partial charge in [0.25, 0.3) is 5.91 Å². The molecule has 0 bridgehead atoms. The summed E-state index contributed by atoms with van der Waals surface area (Å²) >= 11 is 1.49.